The quantitative estimate of drug-likeness (QED) is 0.171. The van der Waals surface area contributed by atoms with Gasteiger partial charge in [-0.15, -0.1) is 0 Å². The molecule has 0 spiro atoms. The van der Waals surface area contributed by atoms with Crippen molar-refractivity contribution in [1.29, 1.82) is 0 Å². The Kier molecular flexibility index (Phi) is 6.53. The average Bonchev–Trinajstić information content (AvgIpc) is 4.01. The van der Waals surface area contributed by atoms with Gasteiger partial charge in [0, 0.05) is 66.0 Å². The van der Waals surface area contributed by atoms with Gasteiger partial charge in [-0.1, -0.05) is 109 Å². The van der Waals surface area contributed by atoms with Gasteiger partial charge in [-0.2, -0.15) is 0 Å². The molecule has 1 aliphatic rings. The number of hydrogen-bond donors (Lipinski definition) is 0. The van der Waals surface area contributed by atoms with E-state index >= 15 is 0 Å². The highest BCUT2D eigenvalue weighted by atomic mass is 15.0. The third-order valence-corrected chi connectivity index (χ3v) is 12.6. The summed E-state index contributed by atoms with van der Waals surface area (Å²) >= 11 is 0. The maximum atomic E-state index is 2.53. The SMILES string of the molecule is C1=Cc2c(n(-c3ccc4c(c3)c3ccccc3n4-c3ccccc3)c3ccc(-n4c5ccccc5c5c(-n6c7ccccc7c7ccccc76)cccc54)cc23)CC1. The highest BCUT2D eigenvalue weighted by Gasteiger charge is 2.23. The Bertz CT molecular complexity index is 3630. The van der Waals surface area contributed by atoms with E-state index in [1.165, 1.54) is 110 Å². The molecule has 12 aromatic rings. The summed E-state index contributed by atoms with van der Waals surface area (Å²) in [4.78, 5) is 0. The summed E-state index contributed by atoms with van der Waals surface area (Å²) in [6.07, 6.45) is 6.72. The predicted octanol–water partition coefficient (Wildman–Crippen LogP) is 13.9. The Morgan fingerprint density at radius 3 is 1.53 bits per heavy atom. The Balaban J connectivity index is 1.04. The number of allylic oxidation sites excluding steroid dienone is 1. The van der Waals surface area contributed by atoms with Gasteiger partial charge < -0.3 is 18.3 Å². The molecule has 0 bridgehead atoms. The molecule has 58 heavy (non-hydrogen) atoms. The summed E-state index contributed by atoms with van der Waals surface area (Å²) in [5, 5.41) is 8.85. The summed E-state index contributed by atoms with van der Waals surface area (Å²) in [5.74, 6) is 0. The second-order valence-corrected chi connectivity index (χ2v) is 15.6. The van der Waals surface area contributed by atoms with Crippen LogP contribution >= 0.6 is 0 Å². The third-order valence-electron chi connectivity index (χ3n) is 12.6. The lowest BCUT2D eigenvalue weighted by Crippen LogP contribution is -2.03. The van der Waals surface area contributed by atoms with Gasteiger partial charge in [-0.25, -0.2) is 0 Å². The largest absolute Gasteiger partial charge is 0.313 e. The van der Waals surface area contributed by atoms with Crippen molar-refractivity contribution in [3.63, 3.8) is 0 Å². The van der Waals surface area contributed by atoms with Crippen LogP contribution in [0.1, 0.15) is 17.7 Å². The van der Waals surface area contributed by atoms with Gasteiger partial charge in [0.05, 0.1) is 44.3 Å². The maximum Gasteiger partial charge on any atom is 0.0562 e. The van der Waals surface area contributed by atoms with E-state index < -0.39 is 0 Å². The van der Waals surface area contributed by atoms with Gasteiger partial charge in [0.25, 0.3) is 0 Å². The summed E-state index contributed by atoms with van der Waals surface area (Å²) in [7, 11) is 0. The lowest BCUT2D eigenvalue weighted by molar-refractivity contribution is 0.889. The molecule has 0 N–H and O–H groups in total. The van der Waals surface area contributed by atoms with E-state index in [2.05, 4.69) is 212 Å². The molecule has 0 aliphatic heterocycles. The highest BCUT2D eigenvalue weighted by molar-refractivity contribution is 6.17. The van der Waals surface area contributed by atoms with Crippen LogP contribution in [0, 0.1) is 0 Å². The first-order chi connectivity index (χ1) is 28.8. The minimum absolute atomic E-state index is 0.997. The fourth-order valence-electron chi connectivity index (χ4n) is 10.2. The second kappa shape index (κ2) is 12.0. The van der Waals surface area contributed by atoms with Gasteiger partial charge in [-0.05, 0) is 97.8 Å². The number of benzene rings is 8. The second-order valence-electron chi connectivity index (χ2n) is 15.6. The summed E-state index contributed by atoms with van der Waals surface area (Å²) < 4.78 is 9.86. The van der Waals surface area contributed by atoms with Crippen LogP contribution in [0.25, 0.3) is 105 Å². The molecular weight excluding hydrogens is 705 g/mol. The monoisotopic (exact) mass is 740 g/mol. The number of fused-ring (bicyclic) bond motifs is 12. The molecule has 1 aliphatic carbocycles. The number of hydrogen-bond acceptors (Lipinski definition) is 0. The third kappa shape index (κ3) is 4.29. The van der Waals surface area contributed by atoms with Gasteiger partial charge in [0.15, 0.2) is 0 Å². The smallest absolute Gasteiger partial charge is 0.0562 e. The lowest BCUT2D eigenvalue weighted by atomic mass is 10.0. The molecule has 0 amide bonds. The molecule has 4 aromatic heterocycles. The van der Waals surface area contributed by atoms with Crippen LogP contribution in [-0.4, -0.2) is 18.3 Å². The van der Waals surface area contributed by atoms with Gasteiger partial charge in [0.2, 0.25) is 0 Å². The molecule has 272 valence electrons. The summed E-state index contributed by atoms with van der Waals surface area (Å²) in [6, 6.07) is 67.0. The van der Waals surface area contributed by atoms with Crippen molar-refractivity contribution >= 4 is 82.4 Å². The fraction of sp³-hybridized carbons (Fsp3) is 0.0370. The first-order valence-corrected chi connectivity index (χ1v) is 20.3. The Hall–Kier alpha value is -7.56. The van der Waals surface area contributed by atoms with E-state index in [0.717, 1.165) is 12.8 Å². The summed E-state index contributed by atoms with van der Waals surface area (Å²) in [6.45, 7) is 0. The minimum Gasteiger partial charge on any atom is -0.313 e. The number of nitrogens with zero attached hydrogens (tertiary/aromatic N) is 4. The molecule has 0 unspecified atom stereocenters. The molecule has 4 heteroatoms. The molecule has 0 radical (unpaired) electrons. The zero-order chi connectivity index (χ0) is 37.9. The van der Waals surface area contributed by atoms with Crippen molar-refractivity contribution in [1.82, 2.24) is 18.3 Å². The molecule has 4 heterocycles. The normalized spacial score (nSPS) is 13.0. The zero-order valence-corrected chi connectivity index (χ0v) is 31.7. The molecule has 13 rings (SSSR count). The standard InChI is InChI=1S/C54H36N4/c1-2-15-35(16-3-1)55-45-22-9-6-19-40(45)43-33-36(29-31-50(43)55)56-46-23-10-7-20-41(46)44-34-37(30-32-51(44)56)57-49-26-13-8-21-42(49)54-52(57)27-14-28-53(54)58-47-24-11-4-17-38(47)39-18-5-12-25-48(39)58/h1-9,11-22,24-34H,10,23H2. The Morgan fingerprint density at radius 1 is 0.328 bits per heavy atom. The Morgan fingerprint density at radius 2 is 0.828 bits per heavy atom. The first kappa shape index (κ1) is 31.6. The van der Waals surface area contributed by atoms with Crippen LogP contribution in [0.5, 0.6) is 0 Å². The van der Waals surface area contributed by atoms with Crippen molar-refractivity contribution in [2.24, 2.45) is 0 Å². The number of aromatic nitrogens is 4. The van der Waals surface area contributed by atoms with Gasteiger partial charge in [-0.3, -0.25) is 0 Å². The molecule has 0 saturated heterocycles. The van der Waals surface area contributed by atoms with E-state index in [1.54, 1.807) is 0 Å². The highest BCUT2D eigenvalue weighted by Crippen LogP contribution is 2.42. The minimum atomic E-state index is 0.997. The first-order valence-electron chi connectivity index (χ1n) is 20.3. The molecular formula is C54H36N4. The predicted molar refractivity (Wildman–Crippen MR) is 244 cm³/mol. The van der Waals surface area contributed by atoms with Crippen molar-refractivity contribution in [2.45, 2.75) is 12.8 Å². The van der Waals surface area contributed by atoms with E-state index in [1.807, 2.05) is 0 Å². The number of para-hydroxylation sites is 5. The molecule has 0 fully saturated rings. The summed E-state index contributed by atoms with van der Waals surface area (Å²) in [5.41, 5.74) is 15.9. The number of rotatable bonds is 4. The fourth-order valence-corrected chi connectivity index (χ4v) is 10.2. The average molecular weight is 741 g/mol. The van der Waals surface area contributed by atoms with E-state index in [-0.39, 0.29) is 0 Å². The zero-order valence-electron chi connectivity index (χ0n) is 31.7. The van der Waals surface area contributed by atoms with Crippen molar-refractivity contribution < 1.29 is 0 Å². The van der Waals surface area contributed by atoms with Crippen LogP contribution in [0.4, 0.5) is 0 Å². The van der Waals surface area contributed by atoms with Gasteiger partial charge >= 0.3 is 0 Å². The lowest BCUT2D eigenvalue weighted by Gasteiger charge is -2.14. The van der Waals surface area contributed by atoms with E-state index in [0.29, 0.717) is 0 Å². The van der Waals surface area contributed by atoms with E-state index in [9.17, 15) is 0 Å². The molecule has 4 nitrogen and oxygen atoms in total. The van der Waals surface area contributed by atoms with Crippen molar-refractivity contribution in [3.8, 4) is 22.7 Å². The Labute approximate surface area is 334 Å². The van der Waals surface area contributed by atoms with Crippen molar-refractivity contribution in [3.05, 3.63) is 199 Å². The van der Waals surface area contributed by atoms with Gasteiger partial charge in [0.1, 0.15) is 0 Å². The van der Waals surface area contributed by atoms with E-state index in [4.69, 9.17) is 0 Å². The molecule has 8 aromatic carbocycles. The van der Waals surface area contributed by atoms with Crippen molar-refractivity contribution in [2.75, 3.05) is 0 Å². The topological polar surface area (TPSA) is 19.7 Å². The van der Waals surface area contributed by atoms with Crippen LogP contribution in [0.15, 0.2) is 188 Å². The molecule has 0 atom stereocenters. The maximum absolute atomic E-state index is 2.53. The van der Waals surface area contributed by atoms with Crippen LogP contribution in [0.2, 0.25) is 0 Å². The molecule has 0 saturated carbocycles. The van der Waals surface area contributed by atoms with Crippen LogP contribution in [-0.2, 0) is 6.42 Å². The van der Waals surface area contributed by atoms with Crippen LogP contribution < -0.4 is 0 Å². The van der Waals surface area contributed by atoms with Crippen LogP contribution in [0.3, 0.4) is 0 Å².